The van der Waals surface area contributed by atoms with Crippen LogP contribution in [-0.2, 0) is 17.6 Å². The zero-order valence-corrected chi connectivity index (χ0v) is 20.9. The van der Waals surface area contributed by atoms with E-state index in [2.05, 4.69) is 9.97 Å². The minimum Gasteiger partial charge on any atom is -0.451 e. The van der Waals surface area contributed by atoms with Crippen LogP contribution < -0.4 is 4.74 Å². The predicted octanol–water partition coefficient (Wildman–Crippen LogP) is 6.16. The Kier molecular flexibility index (Phi) is 7.47. The molecule has 0 bridgehead atoms. The van der Waals surface area contributed by atoms with Crippen LogP contribution in [0.2, 0.25) is 0 Å². The highest BCUT2D eigenvalue weighted by atomic mass is 31.2. The highest BCUT2D eigenvalue weighted by Gasteiger charge is 2.21. The number of nitrogens with one attached hydrogen (secondary N) is 1. The number of rotatable bonds is 9. The smallest absolute Gasteiger partial charge is 0.288 e. The molecular weight excluding hydrogens is 537 g/mol. The van der Waals surface area contributed by atoms with Crippen LogP contribution in [0.15, 0.2) is 60.9 Å². The van der Waals surface area contributed by atoms with E-state index in [0.717, 1.165) is 22.8 Å². The first-order chi connectivity index (χ1) is 18.8. The van der Waals surface area contributed by atoms with E-state index in [1.807, 2.05) is 0 Å². The van der Waals surface area contributed by atoms with Gasteiger partial charge in [0, 0.05) is 42.4 Å². The van der Waals surface area contributed by atoms with E-state index in [4.69, 9.17) is 4.74 Å². The molecule has 0 aliphatic carbocycles. The molecule has 0 radical (unpaired) electrons. The number of nitrogens with zero attached hydrogens (tertiary/aromatic N) is 2. The summed E-state index contributed by atoms with van der Waals surface area (Å²) >= 11 is 0. The molecular formula is C27H20F4N3O4P. The summed E-state index contributed by atoms with van der Waals surface area (Å²) in [6, 6.07) is 10.5. The second kappa shape index (κ2) is 11.0. The lowest BCUT2D eigenvalue weighted by atomic mass is 10.0. The fourth-order valence-corrected chi connectivity index (χ4v) is 4.81. The predicted molar refractivity (Wildman–Crippen MR) is 136 cm³/mol. The average Bonchev–Trinajstić information content (AvgIpc) is 3.55. The Balaban J connectivity index is 1.41. The van der Waals surface area contributed by atoms with E-state index in [-0.39, 0.29) is 47.3 Å². The molecule has 39 heavy (non-hydrogen) atoms. The molecule has 200 valence electrons. The fourth-order valence-electron chi connectivity index (χ4n) is 4.26. The number of fused-ring (bicyclic) bond motifs is 1. The topological polar surface area (TPSA) is 100 Å². The molecule has 0 aliphatic heterocycles. The van der Waals surface area contributed by atoms with Gasteiger partial charge in [-0.25, -0.2) is 22.5 Å². The van der Waals surface area contributed by atoms with Gasteiger partial charge >= 0.3 is 0 Å². The van der Waals surface area contributed by atoms with Crippen LogP contribution in [0.25, 0.3) is 22.3 Å². The number of halogens is 4. The maximum Gasteiger partial charge on any atom is 0.288 e. The molecule has 0 saturated heterocycles. The van der Waals surface area contributed by atoms with E-state index in [1.54, 1.807) is 18.2 Å². The summed E-state index contributed by atoms with van der Waals surface area (Å²) < 4.78 is 65.7. The summed E-state index contributed by atoms with van der Waals surface area (Å²) in [5, 5.41) is -0.0949. The van der Waals surface area contributed by atoms with Crippen LogP contribution in [0.5, 0.6) is 11.5 Å². The Labute approximate surface area is 220 Å². The van der Waals surface area contributed by atoms with Crippen molar-refractivity contribution in [2.45, 2.75) is 19.3 Å². The highest BCUT2D eigenvalue weighted by Crippen LogP contribution is 2.39. The molecule has 7 nitrogen and oxygen atoms in total. The van der Waals surface area contributed by atoms with Crippen LogP contribution >= 0.6 is 8.53 Å². The molecule has 5 aromatic rings. The van der Waals surface area contributed by atoms with Crippen molar-refractivity contribution in [3.8, 4) is 22.9 Å². The van der Waals surface area contributed by atoms with Gasteiger partial charge in [0.15, 0.2) is 17.4 Å². The standard InChI is InChI=1S/C27H20F4N3O4P/c28-21-7-6-18(38-26-22(29)13-23-19(25(26)31)8-9-34(23)39(36)37)12-20(21)27-32-14-17(33-27)11-16-4-1-3-15(24(16)30)5-2-10-35/h1,3-4,6-10,12-14,36-37H,2,5,11H2,(H,32,33). The third kappa shape index (κ3) is 5.29. The van der Waals surface area contributed by atoms with Gasteiger partial charge in [0.25, 0.3) is 8.53 Å². The van der Waals surface area contributed by atoms with Gasteiger partial charge in [-0.05, 0) is 41.8 Å². The van der Waals surface area contributed by atoms with Crippen molar-refractivity contribution >= 4 is 25.7 Å². The Bertz CT molecular complexity index is 1690. The van der Waals surface area contributed by atoms with Crippen LogP contribution in [0, 0.1) is 23.3 Å². The monoisotopic (exact) mass is 557 g/mol. The SMILES string of the molecule is O=CCCc1cccc(Cc2cnc(-c3cc(Oc4c(F)cc5c(ccn5P(O)O)c4F)ccc3F)[nH]2)c1F. The second-order valence-electron chi connectivity index (χ2n) is 8.64. The molecule has 3 N–H and O–H groups in total. The van der Waals surface area contributed by atoms with Gasteiger partial charge in [-0.15, -0.1) is 0 Å². The fraction of sp³-hybridized carbons (Fsp3) is 0.111. The normalized spacial score (nSPS) is 11.5. The van der Waals surface area contributed by atoms with Gasteiger partial charge in [-0.3, -0.25) is 4.34 Å². The maximum atomic E-state index is 15.1. The van der Waals surface area contributed by atoms with Gasteiger partial charge in [0.1, 0.15) is 29.5 Å². The minimum absolute atomic E-state index is 0.0433. The number of hydrogen-bond acceptors (Lipinski definition) is 5. The zero-order valence-electron chi connectivity index (χ0n) is 20.0. The number of carbonyl (C=O) groups excluding carboxylic acids is 1. The van der Waals surface area contributed by atoms with Crippen molar-refractivity contribution in [2.75, 3.05) is 0 Å². The number of hydrogen-bond donors (Lipinski definition) is 3. The number of aryl methyl sites for hydroxylation is 1. The number of imidazole rings is 1. The third-order valence-corrected chi connectivity index (χ3v) is 6.86. The maximum absolute atomic E-state index is 15.1. The van der Waals surface area contributed by atoms with E-state index >= 15 is 4.39 Å². The zero-order chi connectivity index (χ0) is 27.7. The Morgan fingerprint density at radius 3 is 2.56 bits per heavy atom. The molecule has 0 aliphatic rings. The van der Waals surface area contributed by atoms with E-state index in [9.17, 15) is 27.8 Å². The summed E-state index contributed by atoms with van der Waals surface area (Å²) in [6.07, 6.45) is 3.97. The molecule has 0 unspecified atom stereocenters. The molecule has 2 aromatic heterocycles. The largest absolute Gasteiger partial charge is 0.451 e. The number of carbonyl (C=O) groups is 1. The van der Waals surface area contributed by atoms with E-state index in [0.29, 0.717) is 16.8 Å². The minimum atomic E-state index is -2.64. The lowest BCUT2D eigenvalue weighted by molar-refractivity contribution is -0.107. The molecule has 12 heteroatoms. The quantitative estimate of drug-likeness (QED) is 0.115. The van der Waals surface area contributed by atoms with Crippen LogP contribution in [0.1, 0.15) is 23.2 Å². The summed E-state index contributed by atoms with van der Waals surface area (Å²) in [6.45, 7) is 0. The summed E-state index contributed by atoms with van der Waals surface area (Å²) in [7, 11) is -2.64. The van der Waals surface area contributed by atoms with Crippen molar-refractivity contribution in [1.82, 2.24) is 14.3 Å². The number of benzene rings is 3. The van der Waals surface area contributed by atoms with Gasteiger partial charge in [0.2, 0.25) is 0 Å². The summed E-state index contributed by atoms with van der Waals surface area (Å²) in [5.41, 5.74) is 1.16. The molecule has 5 rings (SSSR count). The van der Waals surface area contributed by atoms with Gasteiger partial charge < -0.3 is 24.3 Å². The lowest BCUT2D eigenvalue weighted by Crippen LogP contribution is -1.99. The molecule has 2 heterocycles. The van der Waals surface area contributed by atoms with Gasteiger partial charge in [-0.1, -0.05) is 18.2 Å². The second-order valence-corrected chi connectivity index (χ2v) is 9.60. The summed E-state index contributed by atoms with van der Waals surface area (Å²) in [4.78, 5) is 36.6. The number of H-pyrrole nitrogens is 1. The van der Waals surface area contributed by atoms with Crippen molar-refractivity contribution in [3.05, 3.63) is 101 Å². The van der Waals surface area contributed by atoms with Crippen LogP contribution in [0.3, 0.4) is 0 Å². The lowest BCUT2D eigenvalue weighted by Gasteiger charge is -2.11. The summed E-state index contributed by atoms with van der Waals surface area (Å²) in [5.74, 6) is -4.01. The van der Waals surface area contributed by atoms with Gasteiger partial charge in [-0.2, -0.15) is 0 Å². The first-order valence-corrected chi connectivity index (χ1v) is 12.9. The first-order valence-electron chi connectivity index (χ1n) is 11.7. The number of aldehydes is 1. The van der Waals surface area contributed by atoms with Crippen molar-refractivity contribution in [3.63, 3.8) is 0 Å². The van der Waals surface area contributed by atoms with Crippen molar-refractivity contribution < 1.29 is 36.9 Å². The van der Waals surface area contributed by atoms with E-state index < -0.39 is 37.5 Å². The van der Waals surface area contributed by atoms with Crippen molar-refractivity contribution in [2.24, 2.45) is 0 Å². The molecule has 0 atom stereocenters. The third-order valence-electron chi connectivity index (χ3n) is 6.13. The first kappa shape index (κ1) is 26.6. The highest BCUT2D eigenvalue weighted by molar-refractivity contribution is 7.43. The molecule has 3 aromatic carbocycles. The molecule has 0 amide bonds. The number of ether oxygens (including phenoxy) is 1. The number of aromatic amines is 1. The van der Waals surface area contributed by atoms with Crippen molar-refractivity contribution in [1.29, 1.82) is 0 Å². The van der Waals surface area contributed by atoms with E-state index in [1.165, 1.54) is 30.6 Å². The Morgan fingerprint density at radius 2 is 1.79 bits per heavy atom. The van der Waals surface area contributed by atoms with Gasteiger partial charge in [0.05, 0.1) is 11.1 Å². The average molecular weight is 557 g/mol. The molecule has 0 spiro atoms. The Hall–Kier alpha value is -4.05. The molecule has 0 saturated carbocycles. The molecule has 0 fully saturated rings. The Morgan fingerprint density at radius 1 is 1.00 bits per heavy atom. The van der Waals surface area contributed by atoms with Crippen LogP contribution in [0.4, 0.5) is 17.6 Å². The van der Waals surface area contributed by atoms with Crippen LogP contribution in [-0.4, -0.2) is 30.4 Å². The number of aromatic nitrogens is 3.